The number of fused-ring (bicyclic) bond motifs is 28. The smallest absolute Gasteiger partial charge is 0.0165 e. The summed E-state index contributed by atoms with van der Waals surface area (Å²) in [7, 11) is 0. The molecule has 19 aromatic carbocycles. The SMILES string of the molecule is CC.CC.CC.CC.CC.CC.CC.CC.CC.CC.CC.CC.CC1(C)c2ccccc2-c2c1ccc1cc3ccccc3cc21.CC1(C)c2ccccc2-c2c1ccc1ccccc21.CC1(C)c2ccccc2-c2cc3cc4ccccc4cc3cc21.CC1(C)c2ccccc2-c2cc3ccccc3cc21.CC1(C)c2ccccc2-c2ccc3ccccc3c21.CC1(C)c2ccccc2-c2ccccc21. The Labute approximate surface area is 860 Å². The van der Waals surface area contributed by atoms with Gasteiger partial charge in [-0.25, -0.2) is 0 Å². The van der Waals surface area contributed by atoms with Crippen LogP contribution in [-0.4, -0.2) is 0 Å². The van der Waals surface area contributed by atoms with Gasteiger partial charge in [0.1, 0.15) is 0 Å². The van der Waals surface area contributed by atoms with Crippen LogP contribution in [0.2, 0.25) is 0 Å². The van der Waals surface area contributed by atoms with Crippen molar-refractivity contribution >= 4 is 75.4 Å². The molecule has 25 rings (SSSR count). The molecule has 19 aromatic rings. The number of hydrogen-bond donors (Lipinski definition) is 0. The lowest BCUT2D eigenvalue weighted by molar-refractivity contribution is 0.660. The third-order valence-electron chi connectivity index (χ3n) is 27.7. The van der Waals surface area contributed by atoms with Crippen LogP contribution >= 0.6 is 0 Å². The largest absolute Gasteiger partial charge is 0.0683 e. The first-order valence-corrected chi connectivity index (χ1v) is 54.3. The van der Waals surface area contributed by atoms with Crippen LogP contribution in [0.4, 0.5) is 0 Å². The molecule has 0 atom stereocenters. The molecule has 0 saturated heterocycles. The Kier molecular flexibility index (Phi) is 42.0. The Bertz CT molecular complexity index is 7210. The van der Waals surface area contributed by atoms with Gasteiger partial charge in [0.05, 0.1) is 0 Å². The van der Waals surface area contributed by atoms with Gasteiger partial charge >= 0.3 is 0 Å². The van der Waals surface area contributed by atoms with E-state index in [4.69, 9.17) is 0 Å². The molecule has 0 spiro atoms. The van der Waals surface area contributed by atoms with Crippen LogP contribution in [0.25, 0.3) is 142 Å². The maximum atomic E-state index is 2.40. The Balaban J connectivity index is 0.000000200. The standard InChI is InChI=1S/2C23H18.3C19H16.C15H14.12C2H6/c1-23(2)21-10-6-5-9-19(21)20-13-17-11-15-7-3-4-8-16(15)12-18(17)14-22(20)23;1-23(2)20-10-6-5-9-18(20)22-19-14-16-8-4-3-7-15(16)13-17(19)11-12-21(22)23;1-19(2)17-10-6-5-9-15(17)16-11-13-7-3-4-8-14(13)12-18(16)19;1-19(2)17-10-6-5-9-15(17)16-12-11-13-7-3-4-8-14(13)18(16)19;1-19(2)16-10-6-5-9-15(16)18-14-8-4-3-7-13(14)11-12-17(18)19;1-15(2)13-9-5-3-7-11(13)12-8-4-6-10-14(12)15;12*1-2/h2*3-14H,1-2H3;3*3-12H,1-2H3;3-10H,1-2H3;12*1-2H3. The first-order chi connectivity index (χ1) is 69.1. The fraction of sp³-hybridized carbons (Fsp3) is 0.296. The summed E-state index contributed by atoms with van der Waals surface area (Å²) in [6.07, 6.45) is 0. The summed E-state index contributed by atoms with van der Waals surface area (Å²) < 4.78 is 0. The van der Waals surface area contributed by atoms with Crippen LogP contribution in [0.3, 0.4) is 0 Å². The molecule has 0 radical (unpaired) electrons. The topological polar surface area (TPSA) is 0 Å². The molecule has 0 aromatic heterocycles. The van der Waals surface area contributed by atoms with E-state index in [1.165, 1.54) is 209 Å². The van der Waals surface area contributed by atoms with Gasteiger partial charge in [0.25, 0.3) is 0 Å². The van der Waals surface area contributed by atoms with Gasteiger partial charge in [-0.3, -0.25) is 0 Å². The monoisotopic (exact) mass is 1880 g/mol. The van der Waals surface area contributed by atoms with Crippen LogP contribution in [-0.2, 0) is 32.5 Å². The lowest BCUT2D eigenvalue weighted by atomic mass is 9.80. The average molecular weight is 1880 g/mol. The molecule has 0 aliphatic heterocycles. The second kappa shape index (κ2) is 52.1. The summed E-state index contributed by atoms with van der Waals surface area (Å²) in [5.74, 6) is 0. The van der Waals surface area contributed by atoms with Crippen molar-refractivity contribution in [1.82, 2.24) is 0 Å². The summed E-state index contributed by atoms with van der Waals surface area (Å²) >= 11 is 0. The minimum Gasteiger partial charge on any atom is -0.0683 e. The molecule has 0 N–H and O–H groups in total. The molecule has 0 unspecified atom stereocenters. The first-order valence-electron chi connectivity index (χ1n) is 54.3. The van der Waals surface area contributed by atoms with Crippen LogP contribution in [0.1, 0.15) is 316 Å². The highest BCUT2D eigenvalue weighted by Crippen LogP contribution is 2.57. The van der Waals surface area contributed by atoms with Crippen molar-refractivity contribution in [2.45, 2.75) is 282 Å². The third-order valence-corrected chi connectivity index (χ3v) is 27.7. The van der Waals surface area contributed by atoms with Gasteiger partial charge in [-0.1, -0.05) is 577 Å². The Hall–Kier alpha value is -13.0. The molecular weight excluding hydrogens is 1710 g/mol. The average Bonchev–Trinajstić information content (AvgIpc) is 1.57. The van der Waals surface area contributed by atoms with Crippen molar-refractivity contribution in [1.29, 1.82) is 0 Å². The summed E-state index contributed by atoms with van der Waals surface area (Å²) in [5.41, 5.74) is 34.8. The second-order valence-corrected chi connectivity index (χ2v) is 36.6. The molecule has 0 amide bonds. The van der Waals surface area contributed by atoms with Gasteiger partial charge in [0.15, 0.2) is 0 Å². The molecule has 0 heterocycles. The molecule has 0 bridgehead atoms. The molecule has 0 heteroatoms. The highest BCUT2D eigenvalue weighted by molar-refractivity contribution is 6.09. The van der Waals surface area contributed by atoms with Gasteiger partial charge in [-0.15, -0.1) is 0 Å². The van der Waals surface area contributed by atoms with E-state index in [0.29, 0.717) is 0 Å². The van der Waals surface area contributed by atoms with Gasteiger partial charge in [0, 0.05) is 32.5 Å². The quantitative estimate of drug-likeness (QED) is 0.133. The molecule has 6 aliphatic rings. The van der Waals surface area contributed by atoms with Gasteiger partial charge in [0.2, 0.25) is 0 Å². The minimum absolute atomic E-state index is 0.0752. The second-order valence-electron chi connectivity index (χ2n) is 36.6. The molecule has 6 aliphatic carbocycles. The van der Waals surface area contributed by atoms with Crippen LogP contribution in [0.15, 0.2) is 376 Å². The van der Waals surface area contributed by atoms with E-state index >= 15 is 0 Å². The number of rotatable bonds is 0. The maximum Gasteiger partial charge on any atom is 0.0165 e. The molecular formula is C142H170. The van der Waals surface area contributed by atoms with E-state index in [1.807, 2.05) is 166 Å². The summed E-state index contributed by atoms with van der Waals surface area (Å²) in [6.45, 7) is 75.9. The van der Waals surface area contributed by atoms with Crippen molar-refractivity contribution in [2.75, 3.05) is 0 Å². The van der Waals surface area contributed by atoms with Gasteiger partial charge < -0.3 is 0 Å². The molecule has 142 heavy (non-hydrogen) atoms. The zero-order valence-corrected chi connectivity index (χ0v) is 93.8. The lowest BCUT2D eigenvalue weighted by Crippen LogP contribution is -2.15. The minimum atomic E-state index is 0.0752. The van der Waals surface area contributed by atoms with Crippen molar-refractivity contribution in [3.63, 3.8) is 0 Å². The van der Waals surface area contributed by atoms with Crippen LogP contribution in [0, 0.1) is 0 Å². The summed E-state index contributed by atoms with van der Waals surface area (Å²) in [4.78, 5) is 0. The van der Waals surface area contributed by atoms with Crippen molar-refractivity contribution in [3.05, 3.63) is 443 Å². The van der Waals surface area contributed by atoms with E-state index in [9.17, 15) is 0 Å². The van der Waals surface area contributed by atoms with Gasteiger partial charge in [-0.05, 0) is 257 Å². The van der Waals surface area contributed by atoms with Crippen molar-refractivity contribution in [2.24, 2.45) is 0 Å². The fourth-order valence-corrected chi connectivity index (χ4v) is 21.5. The van der Waals surface area contributed by atoms with Crippen LogP contribution in [0.5, 0.6) is 0 Å². The molecule has 0 saturated carbocycles. The lowest BCUT2D eigenvalue weighted by Gasteiger charge is -2.23. The zero-order chi connectivity index (χ0) is 105. The summed E-state index contributed by atoms with van der Waals surface area (Å²) in [5, 5.41) is 18.7. The third kappa shape index (κ3) is 22.1. The predicted molar refractivity (Wildman–Crippen MR) is 643 cm³/mol. The number of hydrogen-bond acceptors (Lipinski definition) is 0. The normalized spacial score (nSPS) is 13.1. The molecule has 0 fully saturated rings. The maximum absolute atomic E-state index is 2.40. The van der Waals surface area contributed by atoms with E-state index < -0.39 is 0 Å². The Morgan fingerprint density at radius 3 is 0.697 bits per heavy atom. The highest BCUT2D eigenvalue weighted by Gasteiger charge is 2.42. The molecule has 0 nitrogen and oxygen atoms in total. The van der Waals surface area contributed by atoms with E-state index in [-0.39, 0.29) is 32.5 Å². The van der Waals surface area contributed by atoms with Crippen LogP contribution < -0.4 is 0 Å². The number of benzene rings is 19. The fourth-order valence-electron chi connectivity index (χ4n) is 21.5. The van der Waals surface area contributed by atoms with Crippen molar-refractivity contribution < 1.29 is 0 Å². The van der Waals surface area contributed by atoms with E-state index in [0.717, 1.165) is 0 Å². The Morgan fingerprint density at radius 2 is 0.324 bits per heavy atom. The Morgan fingerprint density at radius 1 is 0.113 bits per heavy atom. The van der Waals surface area contributed by atoms with Crippen molar-refractivity contribution in [3.8, 4) is 66.8 Å². The van der Waals surface area contributed by atoms with Gasteiger partial charge in [-0.2, -0.15) is 0 Å². The molecule has 738 valence electrons. The van der Waals surface area contributed by atoms with E-state index in [1.54, 1.807) is 0 Å². The summed E-state index contributed by atoms with van der Waals surface area (Å²) in [6, 6.07) is 137. The van der Waals surface area contributed by atoms with E-state index in [2.05, 4.69) is 459 Å². The first kappa shape index (κ1) is 114. The predicted octanol–water partition coefficient (Wildman–Crippen LogP) is 44.3. The highest BCUT2D eigenvalue weighted by atomic mass is 14.4. The zero-order valence-electron chi connectivity index (χ0n) is 93.8.